The number of hydrogen-bond acceptors (Lipinski definition) is 4. The van der Waals surface area contributed by atoms with E-state index >= 15 is 0 Å². The first-order chi connectivity index (χ1) is 14.5. The predicted molar refractivity (Wildman–Crippen MR) is 116 cm³/mol. The Balaban J connectivity index is 1.29. The van der Waals surface area contributed by atoms with E-state index in [4.69, 9.17) is 4.74 Å². The maximum Gasteiger partial charge on any atom is 0.274 e. The van der Waals surface area contributed by atoms with Crippen LogP contribution in [0.25, 0.3) is 0 Å². The minimum Gasteiger partial charge on any atom is -0.496 e. The average molecular weight is 408 g/mol. The van der Waals surface area contributed by atoms with Gasteiger partial charge in [-0.2, -0.15) is 4.99 Å². The average Bonchev–Trinajstić information content (AvgIpc) is 3.02. The van der Waals surface area contributed by atoms with E-state index in [2.05, 4.69) is 11.1 Å². The van der Waals surface area contributed by atoms with Crippen LogP contribution in [0.1, 0.15) is 38.2 Å². The second-order valence-corrected chi connectivity index (χ2v) is 8.47. The lowest BCUT2D eigenvalue weighted by molar-refractivity contribution is -0.138. The van der Waals surface area contributed by atoms with Gasteiger partial charge in [0.1, 0.15) is 17.1 Å². The number of ether oxygens (including phenoxy) is 1. The van der Waals surface area contributed by atoms with Crippen molar-refractivity contribution in [3.8, 4) is 5.75 Å². The topological polar surface area (TPSA) is 62.2 Å². The molecule has 0 unspecified atom stereocenters. The molecule has 30 heavy (non-hydrogen) atoms. The summed E-state index contributed by atoms with van der Waals surface area (Å²) in [5.74, 6) is 1.96. The Hall–Kier alpha value is -2.89. The first-order valence-electron chi connectivity index (χ1n) is 10.7. The number of para-hydroxylation sites is 1. The first-order valence-corrected chi connectivity index (χ1v) is 10.7. The molecule has 3 heterocycles. The van der Waals surface area contributed by atoms with Gasteiger partial charge in [-0.1, -0.05) is 24.3 Å². The van der Waals surface area contributed by atoms with Crippen LogP contribution >= 0.6 is 0 Å². The third-order valence-electron chi connectivity index (χ3n) is 6.52. The second-order valence-electron chi connectivity index (χ2n) is 8.47. The Bertz CT molecular complexity index is 912. The van der Waals surface area contributed by atoms with Crippen molar-refractivity contribution < 1.29 is 14.3 Å². The van der Waals surface area contributed by atoms with Gasteiger partial charge in [0.25, 0.3) is 5.91 Å². The Kier molecular flexibility index (Phi) is 5.75. The highest BCUT2D eigenvalue weighted by molar-refractivity contribution is 6.13. The van der Waals surface area contributed by atoms with Crippen LogP contribution in [0.2, 0.25) is 0 Å². The predicted octanol–water partition coefficient (Wildman–Crippen LogP) is 3.34. The minimum atomic E-state index is -0.922. The number of carbonyl (C=O) groups excluding carboxylic acids is 2. The SMILES string of the molecule is COc1ccccc1CCC1CCN(C(=O)C[C@@]2(C)C(=O)N=C3C=CC=CN32)CC1. The lowest BCUT2D eigenvalue weighted by Crippen LogP contribution is -2.51. The summed E-state index contributed by atoms with van der Waals surface area (Å²) >= 11 is 0. The number of piperidine rings is 1. The quantitative estimate of drug-likeness (QED) is 0.726. The van der Waals surface area contributed by atoms with Crippen molar-refractivity contribution in [2.45, 2.75) is 44.6 Å². The maximum absolute atomic E-state index is 13.0. The molecule has 1 aromatic rings. The number of allylic oxidation sites excluding steroid dienone is 2. The van der Waals surface area contributed by atoms with Crippen LogP contribution in [0.15, 0.2) is 53.7 Å². The van der Waals surface area contributed by atoms with Gasteiger partial charge in [0.15, 0.2) is 0 Å². The van der Waals surface area contributed by atoms with Crippen molar-refractivity contribution in [3.05, 3.63) is 54.3 Å². The third kappa shape index (κ3) is 3.91. The van der Waals surface area contributed by atoms with Crippen LogP contribution in [-0.2, 0) is 16.0 Å². The number of aryl methyl sites for hydroxylation is 1. The van der Waals surface area contributed by atoms with Crippen molar-refractivity contribution in [2.75, 3.05) is 20.2 Å². The standard InChI is InChI=1S/C24H29N3O3/c1-24(23(29)25-21-9-5-6-14-27(21)24)17-22(28)26-15-12-18(13-16-26)10-11-19-7-3-4-8-20(19)30-2/h3-9,14,18H,10-13,15-17H2,1-2H3/t24-/m0/s1. The molecule has 0 bridgehead atoms. The third-order valence-corrected chi connectivity index (χ3v) is 6.52. The summed E-state index contributed by atoms with van der Waals surface area (Å²) < 4.78 is 5.45. The zero-order chi connectivity index (χ0) is 21.1. The molecular formula is C24H29N3O3. The van der Waals surface area contributed by atoms with Crippen molar-refractivity contribution in [2.24, 2.45) is 10.9 Å². The lowest BCUT2D eigenvalue weighted by atomic mass is 9.89. The van der Waals surface area contributed by atoms with E-state index in [-0.39, 0.29) is 18.2 Å². The van der Waals surface area contributed by atoms with Crippen LogP contribution in [0.5, 0.6) is 5.75 Å². The van der Waals surface area contributed by atoms with Crippen LogP contribution < -0.4 is 4.74 Å². The van der Waals surface area contributed by atoms with Crippen LogP contribution in [0.4, 0.5) is 0 Å². The van der Waals surface area contributed by atoms with E-state index in [1.54, 1.807) is 13.2 Å². The van der Waals surface area contributed by atoms with E-state index in [9.17, 15) is 9.59 Å². The largest absolute Gasteiger partial charge is 0.496 e. The number of aliphatic imine (C=N–C) groups is 1. The molecule has 0 aromatic heterocycles. The zero-order valence-corrected chi connectivity index (χ0v) is 17.7. The van der Waals surface area contributed by atoms with Crippen molar-refractivity contribution in [1.82, 2.24) is 9.80 Å². The van der Waals surface area contributed by atoms with Gasteiger partial charge in [0.05, 0.1) is 13.5 Å². The summed E-state index contributed by atoms with van der Waals surface area (Å²) in [7, 11) is 1.71. The van der Waals surface area contributed by atoms with Gasteiger partial charge in [0, 0.05) is 19.3 Å². The molecule has 1 atom stereocenters. The van der Waals surface area contributed by atoms with E-state index in [0.29, 0.717) is 11.8 Å². The van der Waals surface area contributed by atoms with Crippen molar-refractivity contribution >= 4 is 17.6 Å². The number of amidine groups is 1. The molecule has 0 N–H and O–H groups in total. The number of amides is 2. The Labute approximate surface area is 177 Å². The van der Waals surface area contributed by atoms with Gasteiger partial charge in [-0.3, -0.25) is 9.59 Å². The number of methoxy groups -OCH3 is 1. The molecular weight excluding hydrogens is 378 g/mol. The molecule has 6 nitrogen and oxygen atoms in total. The molecule has 4 rings (SSSR count). The number of benzene rings is 1. The molecule has 3 aliphatic rings. The molecule has 3 aliphatic heterocycles. The molecule has 0 radical (unpaired) electrons. The number of likely N-dealkylation sites (tertiary alicyclic amines) is 1. The highest BCUT2D eigenvalue weighted by Gasteiger charge is 2.47. The van der Waals surface area contributed by atoms with Crippen molar-refractivity contribution in [3.63, 3.8) is 0 Å². The first kappa shape index (κ1) is 20.4. The Morgan fingerprint density at radius 3 is 2.77 bits per heavy atom. The number of carbonyl (C=O) groups is 2. The fourth-order valence-corrected chi connectivity index (χ4v) is 4.58. The van der Waals surface area contributed by atoms with E-state index in [0.717, 1.165) is 44.5 Å². The van der Waals surface area contributed by atoms with Gasteiger partial charge >= 0.3 is 0 Å². The molecule has 6 heteroatoms. The van der Waals surface area contributed by atoms with Gasteiger partial charge < -0.3 is 14.5 Å². The van der Waals surface area contributed by atoms with E-state index < -0.39 is 5.54 Å². The number of hydrogen-bond donors (Lipinski definition) is 0. The summed E-state index contributed by atoms with van der Waals surface area (Å²) in [5, 5.41) is 0. The molecule has 1 fully saturated rings. The summed E-state index contributed by atoms with van der Waals surface area (Å²) in [6.45, 7) is 3.32. The molecule has 1 aromatic carbocycles. The van der Waals surface area contributed by atoms with Crippen LogP contribution in [0, 0.1) is 5.92 Å². The molecule has 158 valence electrons. The van der Waals surface area contributed by atoms with Gasteiger partial charge in [0.2, 0.25) is 5.91 Å². The van der Waals surface area contributed by atoms with Crippen molar-refractivity contribution in [1.29, 1.82) is 0 Å². The number of nitrogens with zero attached hydrogens (tertiary/aromatic N) is 3. The smallest absolute Gasteiger partial charge is 0.274 e. The summed E-state index contributed by atoms with van der Waals surface area (Å²) in [6.07, 6.45) is 11.6. The summed E-state index contributed by atoms with van der Waals surface area (Å²) in [5.41, 5.74) is 0.319. The molecule has 0 saturated carbocycles. The second kappa shape index (κ2) is 8.46. The van der Waals surface area contributed by atoms with Crippen LogP contribution in [-0.4, -0.2) is 53.2 Å². The highest BCUT2D eigenvalue weighted by Crippen LogP contribution is 2.32. The summed E-state index contributed by atoms with van der Waals surface area (Å²) in [4.78, 5) is 33.4. The van der Waals surface area contributed by atoms with E-state index in [1.807, 2.05) is 53.3 Å². The number of rotatable bonds is 6. The maximum atomic E-state index is 13.0. The fourth-order valence-electron chi connectivity index (χ4n) is 4.58. The highest BCUT2D eigenvalue weighted by atomic mass is 16.5. The fraction of sp³-hybridized carbons (Fsp3) is 0.458. The molecule has 0 spiro atoms. The van der Waals surface area contributed by atoms with Gasteiger partial charge in [-0.15, -0.1) is 0 Å². The molecule has 1 saturated heterocycles. The lowest BCUT2D eigenvalue weighted by Gasteiger charge is -2.37. The Morgan fingerprint density at radius 1 is 1.23 bits per heavy atom. The molecule has 2 amide bonds. The number of fused-ring (bicyclic) bond motifs is 1. The monoisotopic (exact) mass is 407 g/mol. The van der Waals surface area contributed by atoms with Gasteiger partial charge in [-0.25, -0.2) is 0 Å². The summed E-state index contributed by atoms with van der Waals surface area (Å²) in [6, 6.07) is 8.17. The molecule has 0 aliphatic carbocycles. The van der Waals surface area contributed by atoms with E-state index in [1.165, 1.54) is 5.56 Å². The minimum absolute atomic E-state index is 0.0356. The van der Waals surface area contributed by atoms with Gasteiger partial charge in [-0.05, 0) is 62.3 Å². The zero-order valence-electron chi connectivity index (χ0n) is 17.7. The normalized spacial score (nSPS) is 23.5. The van der Waals surface area contributed by atoms with Crippen LogP contribution in [0.3, 0.4) is 0 Å². The Morgan fingerprint density at radius 2 is 2.00 bits per heavy atom.